The number of rotatable bonds is 3. The molecule has 1 unspecified atom stereocenters. The van der Waals surface area contributed by atoms with Gasteiger partial charge in [-0.15, -0.1) is 0 Å². The number of nitrogens with zero attached hydrogens (tertiary/aromatic N) is 1. The third-order valence-corrected chi connectivity index (χ3v) is 3.63. The third kappa shape index (κ3) is 2.80. The van der Waals surface area contributed by atoms with Crippen LogP contribution >= 0.6 is 15.9 Å². The van der Waals surface area contributed by atoms with Crippen molar-refractivity contribution in [2.75, 3.05) is 0 Å². The van der Waals surface area contributed by atoms with Crippen molar-refractivity contribution < 1.29 is 9.53 Å². The van der Waals surface area contributed by atoms with E-state index in [1.165, 1.54) is 0 Å². The minimum Gasteiger partial charge on any atom is -0.406 e. The van der Waals surface area contributed by atoms with Crippen LogP contribution in [-0.2, 0) is 16.0 Å². The minimum absolute atomic E-state index is 0.285. The number of esters is 1. The average molecular weight is 330 g/mol. The zero-order chi connectivity index (χ0) is 13.9. The summed E-state index contributed by atoms with van der Waals surface area (Å²) in [4.78, 5) is 16.3. The summed E-state index contributed by atoms with van der Waals surface area (Å²) in [5.74, 6) is 0.129. The second kappa shape index (κ2) is 5.59. The topological polar surface area (TPSA) is 38.7 Å². The molecule has 1 aliphatic rings. The molecular formula is C16H12BrNO2. The normalized spacial score (nSPS) is 17.8. The van der Waals surface area contributed by atoms with Gasteiger partial charge in [0.05, 0.1) is 0 Å². The quantitative estimate of drug-likeness (QED) is 0.810. The van der Waals surface area contributed by atoms with Crippen molar-refractivity contribution in [3.8, 4) is 0 Å². The van der Waals surface area contributed by atoms with E-state index in [1.807, 2.05) is 54.6 Å². The lowest BCUT2D eigenvalue weighted by Gasteiger charge is -2.03. The number of halogens is 1. The molecule has 3 rings (SSSR count). The molecule has 1 atom stereocenters. The summed E-state index contributed by atoms with van der Waals surface area (Å²) in [5.41, 5.74) is 1.90. The molecule has 0 bridgehead atoms. The maximum absolute atomic E-state index is 11.9. The fraction of sp³-hybridized carbons (Fsp3) is 0.125. The Morgan fingerprint density at radius 1 is 1.05 bits per heavy atom. The molecular weight excluding hydrogens is 318 g/mol. The third-order valence-electron chi connectivity index (χ3n) is 3.11. The first-order valence-electron chi connectivity index (χ1n) is 6.32. The van der Waals surface area contributed by atoms with E-state index in [0.717, 1.165) is 15.6 Å². The van der Waals surface area contributed by atoms with Crippen LogP contribution in [0.4, 0.5) is 0 Å². The van der Waals surface area contributed by atoms with Crippen LogP contribution in [0.15, 0.2) is 64.1 Å². The lowest BCUT2D eigenvalue weighted by molar-refractivity contribution is -0.134. The maximum Gasteiger partial charge on any atom is 0.338 e. The highest BCUT2D eigenvalue weighted by atomic mass is 79.9. The molecule has 0 spiro atoms. The highest BCUT2D eigenvalue weighted by molar-refractivity contribution is 9.10. The van der Waals surface area contributed by atoms with Crippen molar-refractivity contribution in [1.29, 1.82) is 0 Å². The first-order chi connectivity index (χ1) is 9.72. The second-order valence-electron chi connectivity index (χ2n) is 4.57. The molecule has 0 amide bonds. The van der Waals surface area contributed by atoms with Crippen molar-refractivity contribution in [2.45, 2.75) is 12.5 Å². The molecule has 0 N–H and O–H groups in total. The van der Waals surface area contributed by atoms with Gasteiger partial charge in [-0.2, -0.15) is 0 Å². The van der Waals surface area contributed by atoms with Crippen LogP contribution in [0.25, 0.3) is 0 Å². The number of carbonyl (C=O) groups excluding carboxylic acids is 1. The van der Waals surface area contributed by atoms with Crippen molar-refractivity contribution in [1.82, 2.24) is 0 Å². The number of cyclic esters (lactones) is 1. The fourth-order valence-corrected chi connectivity index (χ4v) is 2.34. The van der Waals surface area contributed by atoms with Crippen LogP contribution < -0.4 is 0 Å². The van der Waals surface area contributed by atoms with Gasteiger partial charge in [0.15, 0.2) is 6.04 Å². The van der Waals surface area contributed by atoms with Gasteiger partial charge in [-0.1, -0.05) is 46.3 Å². The summed E-state index contributed by atoms with van der Waals surface area (Å²) >= 11 is 3.39. The van der Waals surface area contributed by atoms with Crippen LogP contribution in [0.2, 0.25) is 0 Å². The average Bonchev–Trinajstić information content (AvgIpc) is 2.84. The number of aliphatic imine (C=N–C) groups is 1. The van der Waals surface area contributed by atoms with Gasteiger partial charge < -0.3 is 4.74 Å². The molecule has 4 heteroatoms. The Morgan fingerprint density at radius 3 is 2.45 bits per heavy atom. The van der Waals surface area contributed by atoms with Crippen LogP contribution in [0.1, 0.15) is 11.1 Å². The Bertz CT molecular complexity index is 650. The molecule has 20 heavy (non-hydrogen) atoms. The standard InChI is InChI=1S/C16H12BrNO2/c17-13-8-6-11(7-9-13)10-14-16(19)20-15(18-14)12-4-2-1-3-5-12/h1-9,14H,10H2. The Kier molecular flexibility index (Phi) is 3.65. The van der Waals surface area contributed by atoms with Gasteiger partial charge >= 0.3 is 5.97 Å². The van der Waals surface area contributed by atoms with Crippen molar-refractivity contribution in [3.63, 3.8) is 0 Å². The Labute approximate surface area is 125 Å². The summed E-state index contributed by atoms with van der Waals surface area (Å²) in [6.07, 6.45) is 0.558. The first-order valence-corrected chi connectivity index (χ1v) is 7.11. The maximum atomic E-state index is 11.9. The predicted molar refractivity (Wildman–Crippen MR) is 80.7 cm³/mol. The molecule has 2 aromatic carbocycles. The fourth-order valence-electron chi connectivity index (χ4n) is 2.07. The largest absolute Gasteiger partial charge is 0.406 e. The van der Waals surface area contributed by atoms with Gasteiger partial charge in [-0.25, -0.2) is 9.79 Å². The highest BCUT2D eigenvalue weighted by Crippen LogP contribution is 2.18. The lowest BCUT2D eigenvalue weighted by Crippen LogP contribution is -2.17. The predicted octanol–water partition coefficient (Wildman–Crippen LogP) is 3.36. The van der Waals surface area contributed by atoms with Crippen LogP contribution in [-0.4, -0.2) is 17.9 Å². The summed E-state index contributed by atoms with van der Waals surface area (Å²) in [6, 6.07) is 16.9. The molecule has 100 valence electrons. The molecule has 3 nitrogen and oxygen atoms in total. The van der Waals surface area contributed by atoms with Crippen LogP contribution in [0.5, 0.6) is 0 Å². The van der Waals surface area contributed by atoms with Crippen molar-refractivity contribution in [2.24, 2.45) is 4.99 Å². The van der Waals surface area contributed by atoms with Gasteiger partial charge in [-0.05, 0) is 29.8 Å². The van der Waals surface area contributed by atoms with E-state index in [4.69, 9.17) is 4.74 Å². The van der Waals surface area contributed by atoms with E-state index in [-0.39, 0.29) is 5.97 Å². The summed E-state index contributed by atoms with van der Waals surface area (Å²) in [7, 11) is 0. The van der Waals surface area contributed by atoms with Crippen LogP contribution in [0.3, 0.4) is 0 Å². The number of ether oxygens (including phenoxy) is 1. The molecule has 0 radical (unpaired) electrons. The number of carbonyl (C=O) groups is 1. The number of hydrogen-bond donors (Lipinski definition) is 0. The van der Waals surface area contributed by atoms with Crippen molar-refractivity contribution in [3.05, 3.63) is 70.2 Å². The van der Waals surface area contributed by atoms with Gasteiger partial charge in [-0.3, -0.25) is 0 Å². The highest BCUT2D eigenvalue weighted by Gasteiger charge is 2.29. The number of benzene rings is 2. The van der Waals surface area contributed by atoms with E-state index in [1.54, 1.807) is 0 Å². The zero-order valence-corrected chi connectivity index (χ0v) is 12.2. The molecule has 1 aliphatic heterocycles. The van der Waals surface area contributed by atoms with Crippen LogP contribution in [0, 0.1) is 0 Å². The molecule has 0 fully saturated rings. The molecule has 0 saturated carbocycles. The summed E-state index contributed by atoms with van der Waals surface area (Å²) in [6.45, 7) is 0. The lowest BCUT2D eigenvalue weighted by atomic mass is 10.1. The van der Waals surface area contributed by atoms with Gasteiger partial charge in [0.2, 0.25) is 5.90 Å². The second-order valence-corrected chi connectivity index (χ2v) is 5.48. The minimum atomic E-state index is -0.452. The molecule has 0 aromatic heterocycles. The van der Waals surface area contributed by atoms with E-state index < -0.39 is 6.04 Å². The van der Waals surface area contributed by atoms with E-state index >= 15 is 0 Å². The summed E-state index contributed by atoms with van der Waals surface area (Å²) < 4.78 is 6.28. The first kappa shape index (κ1) is 13.1. The SMILES string of the molecule is O=C1OC(c2ccccc2)=NC1Cc1ccc(Br)cc1. The van der Waals surface area contributed by atoms with E-state index in [2.05, 4.69) is 20.9 Å². The van der Waals surface area contributed by atoms with Gasteiger partial charge in [0, 0.05) is 16.5 Å². The van der Waals surface area contributed by atoms with Gasteiger partial charge in [0.25, 0.3) is 0 Å². The van der Waals surface area contributed by atoms with Crippen molar-refractivity contribution >= 4 is 27.8 Å². The molecule has 0 saturated heterocycles. The molecule has 2 aromatic rings. The van der Waals surface area contributed by atoms with E-state index in [0.29, 0.717) is 12.3 Å². The zero-order valence-electron chi connectivity index (χ0n) is 10.6. The number of hydrogen-bond acceptors (Lipinski definition) is 3. The molecule has 0 aliphatic carbocycles. The van der Waals surface area contributed by atoms with E-state index in [9.17, 15) is 4.79 Å². The smallest absolute Gasteiger partial charge is 0.338 e. The summed E-state index contributed by atoms with van der Waals surface area (Å²) in [5, 5.41) is 0. The Balaban J connectivity index is 1.79. The monoisotopic (exact) mass is 329 g/mol. The van der Waals surface area contributed by atoms with Gasteiger partial charge in [0.1, 0.15) is 0 Å². The molecule has 1 heterocycles. The Hall–Kier alpha value is -1.94. The Morgan fingerprint density at radius 2 is 1.75 bits per heavy atom.